The van der Waals surface area contributed by atoms with Crippen LogP contribution in [0, 0.1) is 10.1 Å². The molecule has 25 heavy (non-hydrogen) atoms. The fourth-order valence-corrected chi connectivity index (χ4v) is 2.18. The number of carbonyl (C=O) groups is 1. The Bertz CT molecular complexity index is 913. The summed E-state index contributed by atoms with van der Waals surface area (Å²) in [6.45, 7) is 0. The number of non-ortho nitro benzene ring substituents is 1. The van der Waals surface area contributed by atoms with Crippen molar-refractivity contribution < 1.29 is 23.6 Å². The van der Waals surface area contributed by atoms with Crippen LogP contribution < -0.4 is 9.47 Å². The van der Waals surface area contributed by atoms with E-state index in [1.807, 2.05) is 0 Å². The van der Waals surface area contributed by atoms with Gasteiger partial charge < -0.3 is 13.9 Å². The summed E-state index contributed by atoms with van der Waals surface area (Å²) in [4.78, 5) is 22.5. The van der Waals surface area contributed by atoms with Gasteiger partial charge in [-0.1, -0.05) is 12.1 Å². The van der Waals surface area contributed by atoms with Crippen molar-refractivity contribution in [2.24, 2.45) is 0 Å². The fourth-order valence-electron chi connectivity index (χ4n) is 2.18. The summed E-state index contributed by atoms with van der Waals surface area (Å²) in [6, 6.07) is 15.5. The molecule has 2 aromatic carbocycles. The lowest BCUT2D eigenvalue weighted by molar-refractivity contribution is -0.384. The number of benzene rings is 2. The van der Waals surface area contributed by atoms with Crippen molar-refractivity contribution >= 4 is 11.7 Å². The molecule has 0 saturated carbocycles. The van der Waals surface area contributed by atoms with Crippen molar-refractivity contribution in [1.29, 1.82) is 0 Å². The summed E-state index contributed by atoms with van der Waals surface area (Å²) in [5.41, 5.74) is 0.439. The molecule has 0 saturated heterocycles. The highest BCUT2D eigenvalue weighted by Crippen LogP contribution is 2.26. The van der Waals surface area contributed by atoms with Gasteiger partial charge in [0.25, 0.3) is 5.69 Å². The van der Waals surface area contributed by atoms with Crippen LogP contribution in [0.4, 0.5) is 5.69 Å². The number of carbonyl (C=O) groups excluding carboxylic acids is 1. The molecule has 7 heteroatoms. The molecule has 1 aromatic heterocycles. The minimum absolute atomic E-state index is 0.00248. The van der Waals surface area contributed by atoms with Crippen molar-refractivity contribution in [2.45, 2.75) is 0 Å². The van der Waals surface area contributed by atoms with Crippen LogP contribution >= 0.6 is 0 Å². The molecule has 3 aromatic rings. The Morgan fingerprint density at radius 3 is 2.44 bits per heavy atom. The maximum Gasteiger partial charge on any atom is 0.379 e. The lowest BCUT2D eigenvalue weighted by Crippen LogP contribution is -2.06. The van der Waals surface area contributed by atoms with Crippen LogP contribution in [0.1, 0.15) is 10.6 Å². The quantitative estimate of drug-likeness (QED) is 0.301. The highest BCUT2D eigenvalue weighted by molar-refractivity contribution is 5.89. The van der Waals surface area contributed by atoms with Gasteiger partial charge in [0, 0.05) is 17.7 Å². The first kappa shape index (κ1) is 16.3. The van der Waals surface area contributed by atoms with E-state index < -0.39 is 10.9 Å². The van der Waals surface area contributed by atoms with Crippen LogP contribution in [0.3, 0.4) is 0 Å². The summed E-state index contributed by atoms with van der Waals surface area (Å²) in [7, 11) is 1.54. The van der Waals surface area contributed by atoms with Gasteiger partial charge >= 0.3 is 5.97 Å². The average Bonchev–Trinajstić information content (AvgIpc) is 3.13. The summed E-state index contributed by atoms with van der Waals surface area (Å²) in [5.74, 6) is 0.661. The van der Waals surface area contributed by atoms with E-state index in [0.29, 0.717) is 22.8 Å². The number of rotatable bonds is 5. The van der Waals surface area contributed by atoms with Crippen LogP contribution in [0.15, 0.2) is 65.1 Å². The second-order valence-electron chi connectivity index (χ2n) is 5.04. The van der Waals surface area contributed by atoms with Crippen molar-refractivity contribution in [2.75, 3.05) is 7.11 Å². The normalized spacial score (nSPS) is 10.3. The maximum atomic E-state index is 12.1. The number of nitro groups is 1. The Kier molecular flexibility index (Phi) is 4.47. The molecule has 126 valence electrons. The van der Waals surface area contributed by atoms with E-state index in [0.717, 1.165) is 0 Å². The Morgan fingerprint density at radius 2 is 1.76 bits per heavy atom. The summed E-state index contributed by atoms with van der Waals surface area (Å²) in [6.07, 6.45) is 0. The zero-order valence-corrected chi connectivity index (χ0v) is 13.2. The highest BCUT2D eigenvalue weighted by atomic mass is 16.6. The number of nitrogens with zero attached hydrogens (tertiary/aromatic N) is 1. The Morgan fingerprint density at radius 1 is 1.04 bits per heavy atom. The van der Waals surface area contributed by atoms with Gasteiger partial charge in [-0.05, 0) is 36.4 Å². The average molecular weight is 339 g/mol. The Balaban J connectivity index is 1.77. The van der Waals surface area contributed by atoms with Crippen LogP contribution in [0.5, 0.6) is 11.5 Å². The third-order valence-corrected chi connectivity index (χ3v) is 3.42. The summed E-state index contributed by atoms with van der Waals surface area (Å²) < 4.78 is 15.7. The lowest BCUT2D eigenvalue weighted by atomic mass is 10.1. The molecule has 0 atom stereocenters. The molecule has 0 aliphatic rings. The number of methoxy groups -OCH3 is 1. The summed E-state index contributed by atoms with van der Waals surface area (Å²) in [5, 5.41) is 10.8. The molecule has 1 heterocycles. The van der Waals surface area contributed by atoms with Crippen molar-refractivity contribution in [3.63, 3.8) is 0 Å². The van der Waals surface area contributed by atoms with Gasteiger partial charge in [0.05, 0.1) is 12.0 Å². The number of esters is 1. The van der Waals surface area contributed by atoms with Crippen molar-refractivity contribution in [3.05, 3.63) is 76.5 Å². The van der Waals surface area contributed by atoms with Gasteiger partial charge in [0.1, 0.15) is 17.3 Å². The molecule has 3 rings (SSSR count). The Hall–Kier alpha value is -3.61. The Labute approximate surface area is 142 Å². The molecule has 0 spiro atoms. The van der Waals surface area contributed by atoms with Gasteiger partial charge in [-0.2, -0.15) is 0 Å². The monoisotopic (exact) mass is 339 g/mol. The predicted molar refractivity (Wildman–Crippen MR) is 88.8 cm³/mol. The predicted octanol–water partition coefficient (Wildman–Crippen LogP) is 4.08. The molecule has 0 N–H and O–H groups in total. The molecule has 0 radical (unpaired) electrons. The van der Waals surface area contributed by atoms with Gasteiger partial charge in [0.15, 0.2) is 0 Å². The minimum Gasteiger partial charge on any atom is -0.497 e. The van der Waals surface area contributed by atoms with Crippen LogP contribution in [0.25, 0.3) is 11.3 Å². The van der Waals surface area contributed by atoms with E-state index in [-0.39, 0.29) is 11.4 Å². The molecule has 0 aliphatic carbocycles. The second-order valence-corrected chi connectivity index (χ2v) is 5.04. The van der Waals surface area contributed by atoms with E-state index >= 15 is 0 Å². The third-order valence-electron chi connectivity index (χ3n) is 3.42. The number of hydrogen-bond donors (Lipinski definition) is 0. The molecule has 0 aliphatic heterocycles. The van der Waals surface area contributed by atoms with E-state index in [4.69, 9.17) is 13.9 Å². The first-order valence-corrected chi connectivity index (χ1v) is 7.28. The number of nitro benzene ring substituents is 1. The summed E-state index contributed by atoms with van der Waals surface area (Å²) >= 11 is 0. The van der Waals surface area contributed by atoms with E-state index in [1.165, 1.54) is 18.2 Å². The van der Waals surface area contributed by atoms with Crippen LogP contribution in [0.2, 0.25) is 0 Å². The largest absolute Gasteiger partial charge is 0.497 e. The van der Waals surface area contributed by atoms with Crippen molar-refractivity contribution in [3.8, 4) is 22.8 Å². The number of furan rings is 1. The van der Waals surface area contributed by atoms with Crippen molar-refractivity contribution in [1.82, 2.24) is 0 Å². The molecular weight excluding hydrogens is 326 g/mol. The topological polar surface area (TPSA) is 91.8 Å². The third kappa shape index (κ3) is 3.66. The zero-order chi connectivity index (χ0) is 17.8. The SMILES string of the molecule is COc1ccc(OC(=O)c2ccc(-c3cccc([N+](=O)[O-])c3)o2)cc1. The first-order valence-electron chi connectivity index (χ1n) is 7.28. The molecule has 0 fully saturated rings. The molecule has 0 amide bonds. The number of hydrogen-bond acceptors (Lipinski definition) is 6. The maximum absolute atomic E-state index is 12.1. The van der Waals surface area contributed by atoms with Gasteiger partial charge in [0.2, 0.25) is 5.76 Å². The molecule has 0 unspecified atom stereocenters. The van der Waals surface area contributed by atoms with E-state index in [2.05, 4.69) is 0 Å². The van der Waals surface area contributed by atoms with Gasteiger partial charge in [-0.25, -0.2) is 4.79 Å². The fraction of sp³-hybridized carbons (Fsp3) is 0.0556. The lowest BCUT2D eigenvalue weighted by Gasteiger charge is -2.03. The second kappa shape index (κ2) is 6.88. The van der Waals surface area contributed by atoms with E-state index in [9.17, 15) is 14.9 Å². The van der Waals surface area contributed by atoms with Crippen LogP contribution in [-0.2, 0) is 0 Å². The standard InChI is InChI=1S/C18H13NO6/c1-23-14-5-7-15(8-6-14)24-18(20)17-10-9-16(25-17)12-3-2-4-13(11-12)19(21)22/h2-11H,1H3. The first-order chi connectivity index (χ1) is 12.1. The van der Waals surface area contributed by atoms with Gasteiger partial charge in [-0.3, -0.25) is 10.1 Å². The molecule has 0 bridgehead atoms. The highest BCUT2D eigenvalue weighted by Gasteiger charge is 2.16. The molecule has 7 nitrogen and oxygen atoms in total. The zero-order valence-electron chi connectivity index (χ0n) is 13.2. The smallest absolute Gasteiger partial charge is 0.379 e. The number of ether oxygens (including phenoxy) is 2. The van der Waals surface area contributed by atoms with Crippen LogP contribution in [-0.4, -0.2) is 18.0 Å². The van der Waals surface area contributed by atoms with E-state index in [1.54, 1.807) is 49.6 Å². The molecular formula is C18H13NO6. The van der Waals surface area contributed by atoms with Gasteiger partial charge in [-0.15, -0.1) is 0 Å². The minimum atomic E-state index is -0.665.